The summed E-state index contributed by atoms with van der Waals surface area (Å²) >= 11 is 1.39. The molecular formula is C14H14N2OS. The van der Waals surface area contributed by atoms with Crippen molar-refractivity contribution in [2.75, 3.05) is 0 Å². The molecule has 0 aliphatic rings. The number of benzene rings is 1. The molecule has 2 aromatic rings. The Bertz CT molecular complexity index is 611. The van der Waals surface area contributed by atoms with E-state index >= 15 is 0 Å². The lowest BCUT2D eigenvalue weighted by Gasteiger charge is -2.07. The van der Waals surface area contributed by atoms with E-state index in [1.807, 2.05) is 26.0 Å². The normalized spacial score (nSPS) is 10.1. The van der Waals surface area contributed by atoms with Crippen LogP contribution in [0, 0.1) is 32.1 Å². The fraction of sp³-hybridized carbons (Fsp3) is 0.286. The van der Waals surface area contributed by atoms with E-state index in [0.717, 1.165) is 22.0 Å². The van der Waals surface area contributed by atoms with Gasteiger partial charge in [-0.1, -0.05) is 17.7 Å². The zero-order valence-electron chi connectivity index (χ0n) is 10.7. The molecule has 3 nitrogen and oxygen atoms in total. The van der Waals surface area contributed by atoms with Crippen molar-refractivity contribution in [3.05, 3.63) is 44.9 Å². The van der Waals surface area contributed by atoms with Crippen LogP contribution in [-0.4, -0.2) is 4.98 Å². The highest BCUT2D eigenvalue weighted by atomic mass is 32.1. The highest BCUT2D eigenvalue weighted by molar-refractivity contribution is 7.12. The Morgan fingerprint density at radius 3 is 2.72 bits per heavy atom. The molecule has 1 aromatic heterocycles. The van der Waals surface area contributed by atoms with E-state index in [9.17, 15) is 0 Å². The molecule has 1 aromatic carbocycles. The molecule has 4 heteroatoms. The summed E-state index contributed by atoms with van der Waals surface area (Å²) in [5.41, 5.74) is 3.11. The molecular weight excluding hydrogens is 244 g/mol. The summed E-state index contributed by atoms with van der Waals surface area (Å²) in [6.45, 7) is 6.34. The zero-order chi connectivity index (χ0) is 13.1. The predicted octanol–water partition coefficient (Wildman–Crippen LogP) is 3.52. The van der Waals surface area contributed by atoms with Crippen molar-refractivity contribution in [1.29, 1.82) is 5.26 Å². The summed E-state index contributed by atoms with van der Waals surface area (Å²) in [5.74, 6) is 0.868. The van der Waals surface area contributed by atoms with Crippen LogP contribution >= 0.6 is 11.3 Å². The van der Waals surface area contributed by atoms with Gasteiger partial charge in [0.05, 0.1) is 5.69 Å². The molecule has 0 radical (unpaired) electrons. The molecule has 0 aliphatic heterocycles. The fourth-order valence-electron chi connectivity index (χ4n) is 1.72. The molecule has 0 bridgehead atoms. The van der Waals surface area contributed by atoms with Crippen molar-refractivity contribution < 1.29 is 4.74 Å². The number of aryl methyl sites for hydroxylation is 3. The van der Waals surface area contributed by atoms with Gasteiger partial charge in [0.2, 0.25) is 0 Å². The van der Waals surface area contributed by atoms with Gasteiger partial charge in [-0.05, 0) is 32.4 Å². The monoisotopic (exact) mass is 258 g/mol. The molecule has 0 spiro atoms. The second-order valence-corrected chi connectivity index (χ2v) is 5.28. The zero-order valence-corrected chi connectivity index (χ0v) is 11.5. The SMILES string of the molecule is Cc1ccc(OCc2nc(C)c(C#N)s2)c(C)c1. The van der Waals surface area contributed by atoms with E-state index in [1.165, 1.54) is 16.9 Å². The Balaban J connectivity index is 2.09. The van der Waals surface area contributed by atoms with Gasteiger partial charge in [0.1, 0.15) is 28.3 Å². The Hall–Kier alpha value is -1.86. The third-order valence-electron chi connectivity index (χ3n) is 2.62. The summed E-state index contributed by atoms with van der Waals surface area (Å²) in [4.78, 5) is 4.98. The molecule has 92 valence electrons. The maximum absolute atomic E-state index is 8.87. The number of nitriles is 1. The summed E-state index contributed by atoms with van der Waals surface area (Å²) in [7, 11) is 0. The van der Waals surface area contributed by atoms with Gasteiger partial charge < -0.3 is 4.74 Å². The quantitative estimate of drug-likeness (QED) is 0.846. The minimum absolute atomic E-state index is 0.414. The van der Waals surface area contributed by atoms with E-state index in [1.54, 1.807) is 0 Å². The van der Waals surface area contributed by atoms with Gasteiger partial charge in [0.25, 0.3) is 0 Å². The van der Waals surface area contributed by atoms with Gasteiger partial charge in [-0.15, -0.1) is 11.3 Å². The Morgan fingerprint density at radius 1 is 1.33 bits per heavy atom. The lowest BCUT2D eigenvalue weighted by molar-refractivity contribution is 0.303. The van der Waals surface area contributed by atoms with Crippen molar-refractivity contribution in [1.82, 2.24) is 4.98 Å². The highest BCUT2D eigenvalue weighted by Gasteiger charge is 2.08. The number of ether oxygens (including phenoxy) is 1. The lowest BCUT2D eigenvalue weighted by Crippen LogP contribution is -1.96. The molecule has 0 amide bonds. The van der Waals surface area contributed by atoms with Crippen LogP contribution in [0.15, 0.2) is 18.2 Å². The molecule has 0 N–H and O–H groups in total. The van der Waals surface area contributed by atoms with Crippen molar-refractivity contribution in [3.8, 4) is 11.8 Å². The minimum atomic E-state index is 0.414. The molecule has 1 heterocycles. The van der Waals surface area contributed by atoms with E-state index in [4.69, 9.17) is 10.00 Å². The number of thiazole rings is 1. The maximum atomic E-state index is 8.87. The van der Waals surface area contributed by atoms with E-state index in [0.29, 0.717) is 11.5 Å². The van der Waals surface area contributed by atoms with Crippen LogP contribution in [0.2, 0.25) is 0 Å². The smallest absolute Gasteiger partial charge is 0.140 e. The Kier molecular flexibility index (Phi) is 3.63. The fourth-order valence-corrected chi connectivity index (χ4v) is 2.49. The number of hydrogen-bond donors (Lipinski definition) is 0. The van der Waals surface area contributed by atoms with Gasteiger partial charge in [-0.3, -0.25) is 0 Å². The molecule has 0 atom stereocenters. The number of aromatic nitrogens is 1. The number of rotatable bonds is 3. The van der Waals surface area contributed by atoms with Crippen molar-refractivity contribution >= 4 is 11.3 Å². The first-order valence-electron chi connectivity index (χ1n) is 5.66. The predicted molar refractivity (Wildman–Crippen MR) is 71.8 cm³/mol. The van der Waals surface area contributed by atoms with Gasteiger partial charge in [-0.25, -0.2) is 4.98 Å². The molecule has 0 fully saturated rings. The average molecular weight is 258 g/mol. The molecule has 0 saturated heterocycles. The molecule has 0 unspecified atom stereocenters. The number of nitrogens with zero attached hydrogens (tertiary/aromatic N) is 2. The van der Waals surface area contributed by atoms with Gasteiger partial charge in [-0.2, -0.15) is 5.26 Å². The molecule has 0 saturated carbocycles. The van der Waals surface area contributed by atoms with E-state index in [2.05, 4.69) is 24.0 Å². The first kappa shape index (κ1) is 12.6. The van der Waals surface area contributed by atoms with Gasteiger partial charge in [0, 0.05) is 0 Å². The highest BCUT2D eigenvalue weighted by Crippen LogP contribution is 2.22. The summed E-state index contributed by atoms with van der Waals surface area (Å²) in [6.07, 6.45) is 0. The standard InChI is InChI=1S/C14H14N2OS/c1-9-4-5-12(10(2)6-9)17-8-14-16-11(3)13(7-15)18-14/h4-6H,8H2,1-3H3. The van der Waals surface area contributed by atoms with Crippen molar-refractivity contribution in [3.63, 3.8) is 0 Å². The van der Waals surface area contributed by atoms with Crippen LogP contribution in [0.1, 0.15) is 26.7 Å². The van der Waals surface area contributed by atoms with Crippen molar-refractivity contribution in [2.45, 2.75) is 27.4 Å². The molecule has 18 heavy (non-hydrogen) atoms. The van der Waals surface area contributed by atoms with Crippen LogP contribution in [0.25, 0.3) is 0 Å². The van der Waals surface area contributed by atoms with Gasteiger partial charge >= 0.3 is 0 Å². The van der Waals surface area contributed by atoms with Crippen LogP contribution in [0.4, 0.5) is 0 Å². The summed E-state index contributed by atoms with van der Waals surface area (Å²) < 4.78 is 5.73. The van der Waals surface area contributed by atoms with E-state index < -0.39 is 0 Å². The minimum Gasteiger partial charge on any atom is -0.486 e. The van der Waals surface area contributed by atoms with Crippen molar-refractivity contribution in [2.24, 2.45) is 0 Å². The third-order valence-corrected chi connectivity index (χ3v) is 3.66. The summed E-state index contributed by atoms with van der Waals surface area (Å²) in [5, 5.41) is 9.71. The number of hydrogen-bond acceptors (Lipinski definition) is 4. The largest absolute Gasteiger partial charge is 0.486 e. The van der Waals surface area contributed by atoms with E-state index in [-0.39, 0.29) is 0 Å². The van der Waals surface area contributed by atoms with Gasteiger partial charge in [0.15, 0.2) is 0 Å². The third kappa shape index (κ3) is 2.69. The maximum Gasteiger partial charge on any atom is 0.140 e. The second kappa shape index (κ2) is 5.19. The van der Waals surface area contributed by atoms with Crippen LogP contribution in [0.5, 0.6) is 5.75 Å². The summed E-state index contributed by atoms with van der Waals surface area (Å²) in [6, 6.07) is 8.21. The topological polar surface area (TPSA) is 45.9 Å². The average Bonchev–Trinajstić information content (AvgIpc) is 2.69. The molecule has 2 rings (SSSR count). The van der Waals surface area contributed by atoms with Crippen LogP contribution in [0.3, 0.4) is 0 Å². The lowest BCUT2D eigenvalue weighted by atomic mass is 10.1. The molecule has 0 aliphatic carbocycles. The first-order valence-corrected chi connectivity index (χ1v) is 6.48. The Labute approximate surface area is 111 Å². The van der Waals surface area contributed by atoms with Crippen LogP contribution < -0.4 is 4.74 Å². The second-order valence-electron chi connectivity index (χ2n) is 4.19. The Morgan fingerprint density at radius 2 is 2.11 bits per heavy atom. The first-order chi connectivity index (χ1) is 8.60. The van der Waals surface area contributed by atoms with Crippen LogP contribution in [-0.2, 0) is 6.61 Å².